The molecule has 0 saturated carbocycles. The number of hydrogen-bond donors (Lipinski definition) is 2. The highest BCUT2D eigenvalue weighted by molar-refractivity contribution is 9.11. The number of hydrogen-bond acceptors (Lipinski definition) is 7. The average molecular weight is 673 g/mol. The topological polar surface area (TPSA) is 125 Å². The first-order chi connectivity index (χ1) is 21.3. The van der Waals surface area contributed by atoms with E-state index in [0.29, 0.717) is 36.8 Å². The molecule has 4 aliphatic rings. The van der Waals surface area contributed by atoms with Crippen LogP contribution in [0.2, 0.25) is 0 Å². The molecule has 1 aromatic rings. The Morgan fingerprint density at radius 3 is 2.55 bits per heavy atom. The van der Waals surface area contributed by atoms with Crippen molar-refractivity contribution in [2.24, 2.45) is 11.8 Å². The third-order valence-corrected chi connectivity index (χ3v) is 9.73. The van der Waals surface area contributed by atoms with Crippen LogP contribution in [0.25, 0.3) is 0 Å². The molecule has 5 bridgehead atoms. The predicted octanol–water partition coefficient (Wildman–Crippen LogP) is 3.40. The first-order valence-corrected chi connectivity index (χ1v) is 16.5. The van der Waals surface area contributed by atoms with Crippen LogP contribution in [0, 0.1) is 11.8 Å². The van der Waals surface area contributed by atoms with E-state index in [0.717, 1.165) is 24.8 Å². The van der Waals surface area contributed by atoms with E-state index < -0.39 is 41.5 Å². The summed E-state index contributed by atoms with van der Waals surface area (Å²) in [5.41, 5.74) is -0.548. The zero-order valence-electron chi connectivity index (χ0n) is 25.2. The third kappa shape index (κ3) is 6.37. The molecule has 5 rings (SSSR count). The number of halogens is 1. The Balaban J connectivity index is 1.55. The maximum atomic E-state index is 14.5. The van der Waals surface area contributed by atoms with E-state index in [9.17, 15) is 24.3 Å². The molecule has 11 heteroatoms. The number of unbranched alkanes of at least 4 members (excludes halogenated alkanes) is 3. The van der Waals surface area contributed by atoms with Gasteiger partial charge in [-0.1, -0.05) is 78.2 Å². The summed E-state index contributed by atoms with van der Waals surface area (Å²) in [5.74, 6) is -3.11. The molecule has 0 aliphatic carbocycles. The van der Waals surface area contributed by atoms with E-state index in [1.807, 2.05) is 48.6 Å². The largest absolute Gasteiger partial charge is 0.463 e. The van der Waals surface area contributed by atoms with Crippen molar-refractivity contribution in [3.05, 3.63) is 58.6 Å². The molecule has 44 heavy (non-hydrogen) atoms. The minimum atomic E-state index is -1.31. The number of nitrogens with one attached hydrogen (secondary N) is 1. The number of likely N-dealkylation sites (tertiary alicyclic amines) is 1. The molecule has 2 N–H and O–H groups in total. The summed E-state index contributed by atoms with van der Waals surface area (Å²) in [5, 5.41) is 12.5. The SMILES string of the molecule is CCCCCN1C/C=C\CCC(=O)OC[C@H](c2ccccc2)NC(=O)[C@H]2[C@@H]3O[C@@]4(C=C3Br)[C@@H]2C(=O)N(CCCCO)[C@@H]4C1=O. The number of carbonyl (C=O) groups excluding carboxylic acids is 4. The van der Waals surface area contributed by atoms with Crippen LogP contribution in [0.15, 0.2) is 53.0 Å². The van der Waals surface area contributed by atoms with Gasteiger partial charge in [0.2, 0.25) is 17.7 Å². The van der Waals surface area contributed by atoms with Gasteiger partial charge in [0.25, 0.3) is 0 Å². The third-order valence-electron chi connectivity index (χ3n) is 9.05. The number of fused-ring (bicyclic) bond motifs is 2. The molecule has 1 spiro atoms. The molecule has 4 aliphatic heterocycles. The van der Waals surface area contributed by atoms with E-state index in [-0.39, 0.29) is 44.0 Å². The zero-order valence-corrected chi connectivity index (χ0v) is 26.7. The lowest BCUT2D eigenvalue weighted by molar-refractivity contribution is -0.148. The van der Waals surface area contributed by atoms with Gasteiger partial charge < -0.3 is 29.7 Å². The molecule has 0 aromatic heterocycles. The Labute approximate surface area is 266 Å². The molecule has 1 aromatic carbocycles. The Bertz CT molecular complexity index is 1290. The highest BCUT2D eigenvalue weighted by Crippen LogP contribution is 2.58. The van der Waals surface area contributed by atoms with E-state index in [4.69, 9.17) is 9.47 Å². The Kier molecular flexibility index (Phi) is 10.6. The normalized spacial score (nSPS) is 31.5. The second-order valence-electron chi connectivity index (χ2n) is 11.9. The van der Waals surface area contributed by atoms with Gasteiger partial charge in [-0.05, 0) is 37.3 Å². The summed E-state index contributed by atoms with van der Waals surface area (Å²) in [6, 6.07) is 7.67. The fourth-order valence-electron chi connectivity index (χ4n) is 6.89. The van der Waals surface area contributed by atoms with Crippen LogP contribution in [0.1, 0.15) is 63.5 Å². The number of rotatable bonds is 9. The number of benzene rings is 1. The fraction of sp³-hybridized carbons (Fsp3) is 0.576. The van der Waals surface area contributed by atoms with Crippen LogP contribution in [0.3, 0.4) is 0 Å². The molecule has 2 fully saturated rings. The van der Waals surface area contributed by atoms with Crippen molar-refractivity contribution < 1.29 is 33.8 Å². The Morgan fingerprint density at radius 2 is 1.80 bits per heavy atom. The molecule has 238 valence electrons. The number of cyclic esters (lactones) is 1. The van der Waals surface area contributed by atoms with Gasteiger partial charge >= 0.3 is 5.97 Å². The maximum Gasteiger partial charge on any atom is 0.306 e. The van der Waals surface area contributed by atoms with Crippen LogP contribution < -0.4 is 5.32 Å². The highest BCUT2D eigenvalue weighted by Gasteiger charge is 2.74. The zero-order chi connectivity index (χ0) is 31.3. The highest BCUT2D eigenvalue weighted by atomic mass is 79.9. The molecule has 3 amide bonds. The van der Waals surface area contributed by atoms with Gasteiger partial charge in [-0.25, -0.2) is 0 Å². The van der Waals surface area contributed by atoms with Crippen molar-refractivity contribution in [1.29, 1.82) is 0 Å². The number of allylic oxidation sites excluding steroid dienone is 1. The molecule has 0 radical (unpaired) electrons. The van der Waals surface area contributed by atoms with Gasteiger partial charge in [-0.3, -0.25) is 19.2 Å². The number of carbonyl (C=O) groups is 4. The fourth-order valence-corrected chi connectivity index (χ4v) is 7.63. The Morgan fingerprint density at radius 1 is 1.02 bits per heavy atom. The summed E-state index contributed by atoms with van der Waals surface area (Å²) in [7, 11) is 0. The van der Waals surface area contributed by atoms with Crippen LogP contribution in [-0.2, 0) is 28.7 Å². The first kappa shape index (κ1) is 32.4. The average Bonchev–Trinajstić information content (AvgIpc) is 3.61. The number of aliphatic hydroxyl groups is 1. The van der Waals surface area contributed by atoms with Crippen molar-refractivity contribution in [3.63, 3.8) is 0 Å². The summed E-state index contributed by atoms with van der Waals surface area (Å²) in [6.45, 7) is 3.11. The van der Waals surface area contributed by atoms with Gasteiger partial charge in [0.05, 0.1) is 17.9 Å². The van der Waals surface area contributed by atoms with Crippen LogP contribution in [-0.4, -0.2) is 89.2 Å². The molecule has 0 unspecified atom stereocenters. The molecule has 10 nitrogen and oxygen atoms in total. The van der Waals surface area contributed by atoms with Crippen molar-refractivity contribution in [2.45, 2.75) is 75.7 Å². The molecule has 6 atom stereocenters. The second kappa shape index (κ2) is 14.4. The van der Waals surface area contributed by atoms with E-state index in [2.05, 4.69) is 28.2 Å². The predicted molar refractivity (Wildman–Crippen MR) is 166 cm³/mol. The van der Waals surface area contributed by atoms with Crippen molar-refractivity contribution >= 4 is 39.6 Å². The van der Waals surface area contributed by atoms with Gasteiger partial charge in [0, 0.05) is 37.1 Å². The van der Waals surface area contributed by atoms with Crippen molar-refractivity contribution in [3.8, 4) is 0 Å². The maximum absolute atomic E-state index is 14.5. The van der Waals surface area contributed by atoms with Gasteiger partial charge in [-0.15, -0.1) is 0 Å². The van der Waals surface area contributed by atoms with E-state index >= 15 is 0 Å². The van der Waals surface area contributed by atoms with Gasteiger partial charge in [0.15, 0.2) is 0 Å². The standard InChI is InChI=1S/C33H42BrN3O7/c1-2-3-9-16-36-17-10-5-8-15-25(39)43-21-24(22-13-6-4-7-14-22)35-30(40)26-27-31(41)37(18-11-12-19-38)29(32(36)42)33(27)20-23(34)28(26)44-33/h4-7,10,13-14,20,24,26-29,38H,2-3,8-9,11-12,15-19,21H2,1H3,(H,35,40)/b10-5-/t24-,26-,27+,28-,29-,33+/m1/s1. The lowest BCUT2D eigenvalue weighted by Crippen LogP contribution is -2.56. The number of nitrogens with zero attached hydrogens (tertiary/aromatic N) is 2. The molecule has 2 saturated heterocycles. The minimum absolute atomic E-state index is 0.0242. The molecular weight excluding hydrogens is 630 g/mol. The monoisotopic (exact) mass is 671 g/mol. The van der Waals surface area contributed by atoms with Crippen LogP contribution in [0.5, 0.6) is 0 Å². The van der Waals surface area contributed by atoms with E-state index in [1.54, 1.807) is 9.80 Å². The van der Waals surface area contributed by atoms with Crippen molar-refractivity contribution in [1.82, 2.24) is 15.1 Å². The number of ether oxygens (including phenoxy) is 2. The summed E-state index contributed by atoms with van der Waals surface area (Å²) in [4.78, 5) is 58.9. The molecular formula is C33H42BrN3O7. The van der Waals surface area contributed by atoms with Crippen LogP contribution in [0.4, 0.5) is 0 Å². The Hall–Kier alpha value is -3.02. The summed E-state index contributed by atoms with van der Waals surface area (Å²) >= 11 is 3.60. The number of esters is 1. The van der Waals surface area contributed by atoms with E-state index in [1.165, 1.54) is 0 Å². The second-order valence-corrected chi connectivity index (χ2v) is 12.9. The van der Waals surface area contributed by atoms with Crippen molar-refractivity contribution in [2.75, 3.05) is 32.8 Å². The lowest BCUT2D eigenvalue weighted by atomic mass is 9.74. The summed E-state index contributed by atoms with van der Waals surface area (Å²) < 4.78 is 12.8. The smallest absolute Gasteiger partial charge is 0.306 e. The number of amides is 3. The molecule has 4 heterocycles. The summed E-state index contributed by atoms with van der Waals surface area (Å²) in [6.07, 6.45) is 9.21. The van der Waals surface area contributed by atoms with Gasteiger partial charge in [-0.2, -0.15) is 0 Å². The van der Waals surface area contributed by atoms with Crippen LogP contribution >= 0.6 is 15.9 Å². The number of aliphatic hydroxyl groups excluding tert-OH is 1. The quantitative estimate of drug-likeness (QED) is 0.234. The minimum Gasteiger partial charge on any atom is -0.463 e. The van der Waals surface area contributed by atoms with Gasteiger partial charge in [0.1, 0.15) is 24.4 Å². The lowest BCUT2D eigenvalue weighted by Gasteiger charge is -2.36. The first-order valence-electron chi connectivity index (χ1n) is 15.7.